The molecule has 0 amide bonds. The van der Waals surface area contributed by atoms with Crippen LogP contribution in [-0.4, -0.2) is 54.7 Å². The summed E-state index contributed by atoms with van der Waals surface area (Å²) in [6.07, 6.45) is 1.19. The number of halogens is 1. The highest BCUT2D eigenvalue weighted by molar-refractivity contribution is 7.89. The van der Waals surface area contributed by atoms with Crippen molar-refractivity contribution in [2.45, 2.75) is 31.2 Å². The van der Waals surface area contributed by atoms with Crippen LogP contribution in [0.5, 0.6) is 5.75 Å². The molecule has 1 N–H and O–H groups in total. The lowest BCUT2D eigenvalue weighted by Gasteiger charge is -2.34. The number of phenols is 1. The molecule has 0 spiro atoms. The molecule has 1 heterocycles. The van der Waals surface area contributed by atoms with E-state index in [0.29, 0.717) is 44.7 Å². The molecule has 0 aliphatic carbocycles. The molecule has 156 valence electrons. The predicted molar refractivity (Wildman–Crippen MR) is 108 cm³/mol. The third kappa shape index (κ3) is 5.01. The van der Waals surface area contributed by atoms with Crippen molar-refractivity contribution in [2.24, 2.45) is 0 Å². The number of sulfonamides is 1. The highest BCUT2D eigenvalue weighted by atomic mass is 32.2. The van der Waals surface area contributed by atoms with Crippen LogP contribution in [0.1, 0.15) is 35.7 Å². The Kier molecular flexibility index (Phi) is 6.66. The van der Waals surface area contributed by atoms with Gasteiger partial charge in [0.15, 0.2) is 17.3 Å². The summed E-state index contributed by atoms with van der Waals surface area (Å²) in [5.41, 5.74) is 1.25. The number of Topliss-reactive ketones (excluding diaryl/α,β-unsaturated/α-hetero) is 1. The Morgan fingerprint density at radius 3 is 2.31 bits per heavy atom. The van der Waals surface area contributed by atoms with Gasteiger partial charge in [0, 0.05) is 44.7 Å². The number of carbonyl (C=O) groups excluding carboxylic acids is 1. The topological polar surface area (TPSA) is 77.9 Å². The van der Waals surface area contributed by atoms with Gasteiger partial charge in [0.25, 0.3) is 0 Å². The van der Waals surface area contributed by atoms with Crippen molar-refractivity contribution >= 4 is 15.8 Å². The fraction of sp³-hybridized carbons (Fsp3) is 0.381. The smallest absolute Gasteiger partial charge is 0.243 e. The maximum absolute atomic E-state index is 13.5. The molecule has 2 aromatic rings. The first-order valence-corrected chi connectivity index (χ1v) is 11.1. The van der Waals surface area contributed by atoms with Gasteiger partial charge in [-0.05, 0) is 36.2 Å². The lowest BCUT2D eigenvalue weighted by molar-refractivity contribution is 0.0981. The quantitative estimate of drug-likeness (QED) is 0.697. The van der Waals surface area contributed by atoms with Crippen LogP contribution in [-0.2, 0) is 16.6 Å². The second-order valence-corrected chi connectivity index (χ2v) is 9.10. The Morgan fingerprint density at radius 2 is 1.72 bits per heavy atom. The molecule has 2 aromatic carbocycles. The molecular formula is C21H25FN2O4S. The second kappa shape index (κ2) is 9.02. The Balaban J connectivity index is 1.61. The molecule has 6 nitrogen and oxygen atoms in total. The number of phenolic OH excluding ortho intramolecular Hbond substituents is 1. The van der Waals surface area contributed by atoms with Crippen LogP contribution >= 0.6 is 0 Å². The Bertz CT molecular complexity index is 969. The summed E-state index contributed by atoms with van der Waals surface area (Å²) in [7, 11) is -3.62. The maximum atomic E-state index is 13.5. The predicted octanol–water partition coefficient (Wildman–Crippen LogP) is 3.02. The minimum absolute atomic E-state index is 0.00993. The van der Waals surface area contributed by atoms with E-state index in [1.54, 1.807) is 18.2 Å². The molecular weight excluding hydrogens is 395 g/mol. The van der Waals surface area contributed by atoms with Gasteiger partial charge in [0.2, 0.25) is 10.0 Å². The van der Waals surface area contributed by atoms with E-state index < -0.39 is 15.8 Å². The van der Waals surface area contributed by atoms with Crippen molar-refractivity contribution in [2.75, 3.05) is 26.2 Å². The number of ketones is 1. The number of rotatable bonds is 7. The Labute approximate surface area is 170 Å². The molecule has 8 heteroatoms. The maximum Gasteiger partial charge on any atom is 0.243 e. The van der Waals surface area contributed by atoms with Gasteiger partial charge >= 0.3 is 0 Å². The van der Waals surface area contributed by atoms with E-state index in [1.807, 2.05) is 11.8 Å². The van der Waals surface area contributed by atoms with Crippen molar-refractivity contribution in [3.8, 4) is 5.75 Å². The molecule has 29 heavy (non-hydrogen) atoms. The molecule has 1 aliphatic rings. The van der Waals surface area contributed by atoms with Gasteiger partial charge in [0.05, 0.1) is 4.90 Å². The summed E-state index contributed by atoms with van der Waals surface area (Å²) in [6, 6.07) is 10.4. The van der Waals surface area contributed by atoms with Crippen molar-refractivity contribution < 1.29 is 22.7 Å². The van der Waals surface area contributed by atoms with Gasteiger partial charge < -0.3 is 5.11 Å². The van der Waals surface area contributed by atoms with Crippen LogP contribution in [0.3, 0.4) is 0 Å². The molecule has 3 rings (SSSR count). The minimum atomic E-state index is -3.62. The van der Waals surface area contributed by atoms with Crippen molar-refractivity contribution in [1.82, 2.24) is 9.21 Å². The Hall–Kier alpha value is -2.29. The summed E-state index contributed by atoms with van der Waals surface area (Å²) in [5.74, 6) is -1.03. The zero-order chi connectivity index (χ0) is 21.0. The van der Waals surface area contributed by atoms with Gasteiger partial charge in [-0.25, -0.2) is 12.8 Å². The summed E-state index contributed by atoms with van der Waals surface area (Å²) < 4.78 is 40.7. The zero-order valence-electron chi connectivity index (χ0n) is 16.3. The van der Waals surface area contributed by atoms with E-state index in [9.17, 15) is 22.7 Å². The zero-order valence-corrected chi connectivity index (χ0v) is 17.2. The number of hydrogen-bond acceptors (Lipinski definition) is 5. The highest BCUT2D eigenvalue weighted by Crippen LogP contribution is 2.21. The molecule has 1 fully saturated rings. The first-order chi connectivity index (χ1) is 13.8. The van der Waals surface area contributed by atoms with Crippen LogP contribution in [0, 0.1) is 5.82 Å². The number of piperazine rings is 1. The van der Waals surface area contributed by atoms with Crippen molar-refractivity contribution in [3.63, 3.8) is 0 Å². The van der Waals surface area contributed by atoms with E-state index in [-0.39, 0.29) is 16.4 Å². The van der Waals surface area contributed by atoms with E-state index in [1.165, 1.54) is 28.6 Å². The fourth-order valence-electron chi connectivity index (χ4n) is 3.37. The minimum Gasteiger partial charge on any atom is -0.505 e. The van der Waals surface area contributed by atoms with Crippen LogP contribution in [0.4, 0.5) is 4.39 Å². The van der Waals surface area contributed by atoms with Crippen LogP contribution in [0.2, 0.25) is 0 Å². The van der Waals surface area contributed by atoms with Gasteiger partial charge in [-0.2, -0.15) is 4.31 Å². The van der Waals surface area contributed by atoms with E-state index >= 15 is 0 Å². The van der Waals surface area contributed by atoms with Gasteiger partial charge in [-0.1, -0.05) is 25.1 Å². The average molecular weight is 421 g/mol. The summed E-state index contributed by atoms with van der Waals surface area (Å²) in [6.45, 7) is 4.12. The lowest BCUT2D eigenvalue weighted by Crippen LogP contribution is -2.48. The molecule has 1 aliphatic heterocycles. The molecule has 0 unspecified atom stereocenters. The van der Waals surface area contributed by atoms with Crippen LogP contribution in [0.25, 0.3) is 0 Å². The molecule has 0 aromatic heterocycles. The fourth-order valence-corrected chi connectivity index (χ4v) is 4.79. The molecule has 0 radical (unpaired) electrons. The molecule has 0 bridgehead atoms. The number of benzene rings is 2. The average Bonchev–Trinajstić information content (AvgIpc) is 2.71. The number of aromatic hydroxyl groups is 1. The van der Waals surface area contributed by atoms with Crippen LogP contribution in [0.15, 0.2) is 47.4 Å². The first kappa shape index (κ1) is 21.4. The standard InChI is InChI=1S/C21H25FN2O4S/c1-2-3-20(25)17-5-7-18(8-6-17)29(27,28)24-12-10-23(11-13-24)15-16-4-9-21(26)19(22)14-16/h4-9,14,26H,2-3,10-13,15H2,1H3. The number of nitrogens with zero attached hydrogens (tertiary/aromatic N) is 2. The first-order valence-electron chi connectivity index (χ1n) is 9.64. The largest absolute Gasteiger partial charge is 0.505 e. The molecule has 1 saturated heterocycles. The van der Waals surface area contributed by atoms with Gasteiger partial charge in [-0.15, -0.1) is 0 Å². The monoisotopic (exact) mass is 420 g/mol. The van der Waals surface area contributed by atoms with E-state index in [0.717, 1.165) is 12.0 Å². The van der Waals surface area contributed by atoms with E-state index in [4.69, 9.17) is 0 Å². The van der Waals surface area contributed by atoms with Crippen LogP contribution < -0.4 is 0 Å². The molecule has 0 atom stereocenters. The third-order valence-electron chi connectivity index (χ3n) is 5.04. The van der Waals surface area contributed by atoms with Crippen molar-refractivity contribution in [1.29, 1.82) is 0 Å². The van der Waals surface area contributed by atoms with Gasteiger partial charge in [0.1, 0.15) is 0 Å². The third-order valence-corrected chi connectivity index (χ3v) is 6.95. The summed E-state index contributed by atoms with van der Waals surface area (Å²) >= 11 is 0. The molecule has 0 saturated carbocycles. The van der Waals surface area contributed by atoms with E-state index in [2.05, 4.69) is 0 Å². The second-order valence-electron chi connectivity index (χ2n) is 7.16. The normalized spacial score (nSPS) is 16.1. The summed E-state index contributed by atoms with van der Waals surface area (Å²) in [4.78, 5) is 14.2. The summed E-state index contributed by atoms with van der Waals surface area (Å²) in [5, 5.41) is 9.28. The SMILES string of the molecule is CCCC(=O)c1ccc(S(=O)(=O)N2CCN(Cc3ccc(O)c(F)c3)CC2)cc1. The van der Waals surface area contributed by atoms with Crippen molar-refractivity contribution in [3.05, 3.63) is 59.4 Å². The number of carbonyl (C=O) groups is 1. The Morgan fingerprint density at radius 1 is 1.07 bits per heavy atom. The highest BCUT2D eigenvalue weighted by Gasteiger charge is 2.28. The number of hydrogen-bond donors (Lipinski definition) is 1. The lowest BCUT2D eigenvalue weighted by atomic mass is 10.1. The van der Waals surface area contributed by atoms with Gasteiger partial charge in [-0.3, -0.25) is 9.69 Å².